The average molecular weight is 496 g/mol. The molecule has 0 amide bonds. The zero-order chi connectivity index (χ0) is 21.8. The Morgan fingerprint density at radius 3 is 2.23 bits per heavy atom. The summed E-state index contributed by atoms with van der Waals surface area (Å²) < 4.78 is 0. The first-order valence-electron chi connectivity index (χ1n) is 10.6. The first-order valence-corrected chi connectivity index (χ1v) is 12.2. The molecule has 2 aromatic rings. The molecule has 2 aliphatic heterocycles. The molecule has 4 nitrogen and oxygen atoms in total. The fourth-order valence-electron chi connectivity index (χ4n) is 4.05. The van der Waals surface area contributed by atoms with Crippen molar-refractivity contribution in [2.45, 2.75) is 44.6 Å². The van der Waals surface area contributed by atoms with Crippen LogP contribution in [0, 0.1) is 0 Å². The van der Waals surface area contributed by atoms with Crippen LogP contribution >= 0.6 is 47.0 Å². The van der Waals surface area contributed by atoms with Crippen molar-refractivity contribution in [2.24, 2.45) is 5.10 Å². The maximum absolute atomic E-state index is 6.53. The molecule has 0 aromatic heterocycles. The van der Waals surface area contributed by atoms with Crippen molar-refractivity contribution in [1.82, 2.24) is 10.4 Å². The molecular weight excluding hydrogens is 471 g/mol. The Kier molecular flexibility index (Phi) is 7.72. The molecule has 1 fully saturated rings. The molecule has 0 spiro atoms. The lowest BCUT2D eigenvalue weighted by molar-refractivity contribution is 0.215. The standard InChI is InChI=1S/C23H25Cl3N4S/c24-17-8-6-16(7-9-17)22-15-20(23(31)28-29-12-4-2-1-3-5-13-29)27-30(22)21-11-10-18(25)14-19(21)26/h6-11,14,22H,1-5,12-13,15H2,(H,28,31). The summed E-state index contributed by atoms with van der Waals surface area (Å²) in [6, 6.07) is 13.3. The Morgan fingerprint density at radius 1 is 0.903 bits per heavy atom. The van der Waals surface area contributed by atoms with Crippen LogP contribution in [0.2, 0.25) is 15.1 Å². The fourth-order valence-corrected chi connectivity index (χ4v) is 4.92. The summed E-state index contributed by atoms with van der Waals surface area (Å²) in [4.78, 5) is 0.673. The molecule has 0 aliphatic carbocycles. The van der Waals surface area contributed by atoms with Crippen LogP contribution in [0.25, 0.3) is 0 Å². The van der Waals surface area contributed by atoms with Crippen molar-refractivity contribution < 1.29 is 0 Å². The minimum Gasteiger partial charge on any atom is -0.308 e. The van der Waals surface area contributed by atoms with E-state index in [0.29, 0.717) is 26.5 Å². The summed E-state index contributed by atoms with van der Waals surface area (Å²) in [5, 5.41) is 10.9. The van der Waals surface area contributed by atoms with Crippen LogP contribution in [0.5, 0.6) is 0 Å². The Hall–Kier alpha value is -1.37. The van der Waals surface area contributed by atoms with E-state index in [0.717, 1.165) is 30.1 Å². The van der Waals surface area contributed by atoms with Gasteiger partial charge in [-0.15, -0.1) is 0 Å². The highest BCUT2D eigenvalue weighted by Gasteiger charge is 2.32. The summed E-state index contributed by atoms with van der Waals surface area (Å²) in [5.74, 6) is 0. The van der Waals surface area contributed by atoms with Crippen molar-refractivity contribution in [3.8, 4) is 0 Å². The van der Waals surface area contributed by atoms with Gasteiger partial charge in [-0.2, -0.15) is 5.10 Å². The molecule has 1 unspecified atom stereocenters. The molecule has 0 saturated carbocycles. The van der Waals surface area contributed by atoms with Crippen LogP contribution < -0.4 is 10.4 Å². The largest absolute Gasteiger partial charge is 0.308 e. The third kappa shape index (κ3) is 5.71. The third-order valence-electron chi connectivity index (χ3n) is 5.70. The second-order valence-electron chi connectivity index (χ2n) is 7.95. The number of anilines is 1. The van der Waals surface area contributed by atoms with E-state index in [1.165, 1.54) is 32.1 Å². The van der Waals surface area contributed by atoms with E-state index in [4.69, 9.17) is 52.1 Å². The number of hydrogen-bond acceptors (Lipinski definition) is 4. The van der Waals surface area contributed by atoms with Crippen molar-refractivity contribution in [3.05, 3.63) is 63.1 Å². The van der Waals surface area contributed by atoms with Crippen LogP contribution in [0.3, 0.4) is 0 Å². The Labute approximate surface area is 204 Å². The second kappa shape index (κ2) is 10.5. The lowest BCUT2D eigenvalue weighted by Gasteiger charge is -2.26. The van der Waals surface area contributed by atoms with E-state index in [-0.39, 0.29) is 6.04 Å². The van der Waals surface area contributed by atoms with Gasteiger partial charge in [0.1, 0.15) is 4.99 Å². The molecule has 1 N–H and O–H groups in total. The Balaban J connectivity index is 1.58. The zero-order valence-electron chi connectivity index (χ0n) is 17.2. The van der Waals surface area contributed by atoms with E-state index in [9.17, 15) is 0 Å². The number of hydrazone groups is 1. The van der Waals surface area contributed by atoms with Gasteiger partial charge in [0.2, 0.25) is 0 Å². The lowest BCUT2D eigenvalue weighted by atomic mass is 10.0. The summed E-state index contributed by atoms with van der Waals surface area (Å²) in [5.41, 5.74) is 6.19. The molecule has 31 heavy (non-hydrogen) atoms. The van der Waals surface area contributed by atoms with Crippen LogP contribution in [0.4, 0.5) is 5.69 Å². The summed E-state index contributed by atoms with van der Waals surface area (Å²) in [7, 11) is 0. The van der Waals surface area contributed by atoms with Gasteiger partial charge >= 0.3 is 0 Å². The Bertz CT molecular complexity index is 956. The van der Waals surface area contributed by atoms with Gasteiger partial charge in [-0.25, -0.2) is 5.01 Å². The molecule has 4 rings (SSSR count). The number of thiocarbonyl (C=S) groups is 1. The summed E-state index contributed by atoms with van der Waals surface area (Å²) in [6.45, 7) is 2.00. The van der Waals surface area contributed by atoms with Crippen molar-refractivity contribution in [1.29, 1.82) is 0 Å². The highest BCUT2D eigenvalue weighted by atomic mass is 35.5. The van der Waals surface area contributed by atoms with E-state index in [2.05, 4.69) is 10.4 Å². The number of benzene rings is 2. The molecule has 2 aromatic carbocycles. The fraction of sp³-hybridized carbons (Fsp3) is 0.391. The van der Waals surface area contributed by atoms with Crippen LogP contribution in [0.1, 0.15) is 50.1 Å². The van der Waals surface area contributed by atoms with Crippen LogP contribution in [0.15, 0.2) is 47.6 Å². The van der Waals surface area contributed by atoms with Crippen molar-refractivity contribution in [3.63, 3.8) is 0 Å². The number of halogens is 3. The summed E-state index contributed by atoms with van der Waals surface area (Å²) in [6.07, 6.45) is 6.91. The lowest BCUT2D eigenvalue weighted by Crippen LogP contribution is -2.45. The smallest absolute Gasteiger partial charge is 0.137 e. The molecule has 1 saturated heterocycles. The van der Waals surface area contributed by atoms with E-state index in [1.54, 1.807) is 6.07 Å². The maximum Gasteiger partial charge on any atom is 0.137 e. The van der Waals surface area contributed by atoms with Gasteiger partial charge < -0.3 is 5.43 Å². The molecule has 1 atom stereocenters. The number of rotatable bonds is 4. The Morgan fingerprint density at radius 2 is 1.55 bits per heavy atom. The zero-order valence-corrected chi connectivity index (χ0v) is 20.2. The minimum atomic E-state index is -0.0296. The average Bonchev–Trinajstić information content (AvgIpc) is 3.15. The monoisotopic (exact) mass is 494 g/mol. The van der Waals surface area contributed by atoms with Crippen molar-refractivity contribution in [2.75, 3.05) is 18.1 Å². The SMILES string of the molecule is S=C(NN1CCCCCCC1)C1=NN(c2ccc(Cl)cc2Cl)C(c2ccc(Cl)cc2)C1. The number of nitrogens with one attached hydrogen (secondary N) is 1. The quantitative estimate of drug-likeness (QED) is 0.460. The van der Waals surface area contributed by atoms with Gasteiger partial charge in [-0.1, -0.05) is 78.4 Å². The minimum absolute atomic E-state index is 0.0296. The van der Waals surface area contributed by atoms with Gasteiger partial charge in [-0.05, 0) is 48.7 Å². The number of hydrazine groups is 1. The first-order chi connectivity index (χ1) is 15.0. The molecule has 0 radical (unpaired) electrons. The third-order valence-corrected chi connectivity index (χ3v) is 6.82. The highest BCUT2D eigenvalue weighted by Crippen LogP contribution is 2.40. The predicted molar refractivity (Wildman–Crippen MR) is 136 cm³/mol. The van der Waals surface area contributed by atoms with E-state index < -0.39 is 0 Å². The van der Waals surface area contributed by atoms with Crippen molar-refractivity contribution >= 4 is 63.4 Å². The van der Waals surface area contributed by atoms with Gasteiger partial charge in [0, 0.05) is 29.6 Å². The van der Waals surface area contributed by atoms with Gasteiger partial charge in [-0.3, -0.25) is 5.01 Å². The molecule has 0 bridgehead atoms. The summed E-state index contributed by atoms with van der Waals surface area (Å²) >= 11 is 24.5. The topological polar surface area (TPSA) is 30.9 Å². The van der Waals surface area contributed by atoms with Gasteiger partial charge in [0.15, 0.2) is 0 Å². The predicted octanol–water partition coefficient (Wildman–Crippen LogP) is 7.05. The maximum atomic E-state index is 6.53. The van der Waals surface area contributed by atoms with E-state index in [1.807, 2.05) is 41.4 Å². The van der Waals surface area contributed by atoms with Gasteiger partial charge in [0.05, 0.1) is 22.5 Å². The van der Waals surface area contributed by atoms with Gasteiger partial charge in [0.25, 0.3) is 0 Å². The number of hydrogen-bond donors (Lipinski definition) is 1. The second-order valence-corrected chi connectivity index (χ2v) is 9.64. The molecule has 8 heteroatoms. The number of nitrogens with zero attached hydrogens (tertiary/aromatic N) is 3. The van der Waals surface area contributed by atoms with Crippen LogP contribution in [-0.2, 0) is 0 Å². The molecule has 164 valence electrons. The molecular formula is C23H25Cl3N4S. The van der Waals surface area contributed by atoms with E-state index >= 15 is 0 Å². The highest BCUT2D eigenvalue weighted by molar-refractivity contribution is 7.82. The normalized spacial score (nSPS) is 20.2. The van der Waals surface area contributed by atoms with Crippen LogP contribution in [-0.4, -0.2) is 28.8 Å². The molecule has 2 aliphatic rings. The molecule has 2 heterocycles. The first kappa shape index (κ1) is 22.8.